The first-order valence-electron chi connectivity index (χ1n) is 13.7. The van der Waals surface area contributed by atoms with Crippen LogP contribution in [0.3, 0.4) is 0 Å². The van der Waals surface area contributed by atoms with Gasteiger partial charge in [-0.25, -0.2) is 9.59 Å². The van der Waals surface area contributed by atoms with Crippen LogP contribution in [0.5, 0.6) is 0 Å². The van der Waals surface area contributed by atoms with E-state index >= 15 is 0 Å². The molecule has 11 nitrogen and oxygen atoms in total. The van der Waals surface area contributed by atoms with E-state index in [1.165, 1.54) is 6.92 Å². The van der Waals surface area contributed by atoms with Gasteiger partial charge in [-0.2, -0.15) is 0 Å². The second kappa shape index (κ2) is 15.8. The van der Waals surface area contributed by atoms with Crippen molar-refractivity contribution >= 4 is 29.8 Å². The van der Waals surface area contributed by atoms with Crippen molar-refractivity contribution < 1.29 is 33.8 Å². The number of nitrogens with one attached hydrogen (secondary N) is 4. The van der Waals surface area contributed by atoms with Gasteiger partial charge in [-0.3, -0.25) is 14.4 Å². The molecular weight excluding hydrogens is 516 g/mol. The average molecular weight is 563 g/mol. The van der Waals surface area contributed by atoms with Gasteiger partial charge >= 0.3 is 12.1 Å². The highest BCUT2D eigenvalue weighted by Crippen LogP contribution is 2.12. The maximum atomic E-state index is 13.2. The van der Waals surface area contributed by atoms with Gasteiger partial charge in [0.1, 0.15) is 29.8 Å². The normalized spacial score (nSPS) is 15.1. The molecule has 0 aliphatic heterocycles. The lowest BCUT2D eigenvalue weighted by atomic mass is 9.96. The maximum Gasteiger partial charge on any atom is 0.408 e. The van der Waals surface area contributed by atoms with Gasteiger partial charge in [0.2, 0.25) is 17.7 Å². The van der Waals surface area contributed by atoms with E-state index in [-0.39, 0.29) is 24.7 Å². The van der Waals surface area contributed by atoms with E-state index < -0.39 is 59.6 Å². The summed E-state index contributed by atoms with van der Waals surface area (Å²) in [6, 6.07) is 4.88. The third-order valence-corrected chi connectivity index (χ3v) is 6.16. The Bertz CT molecular complexity index is 1010. The van der Waals surface area contributed by atoms with Crippen LogP contribution in [0.4, 0.5) is 4.79 Å². The lowest BCUT2D eigenvalue weighted by Crippen LogP contribution is -2.58. The summed E-state index contributed by atoms with van der Waals surface area (Å²) in [5, 5.41) is 19.9. The Morgan fingerprint density at radius 1 is 0.825 bits per heavy atom. The van der Waals surface area contributed by atoms with Crippen LogP contribution >= 0.6 is 0 Å². The molecule has 0 fully saturated rings. The molecule has 1 rings (SSSR count). The van der Waals surface area contributed by atoms with Crippen LogP contribution in [0.15, 0.2) is 30.3 Å². The van der Waals surface area contributed by atoms with Crippen molar-refractivity contribution in [2.45, 2.75) is 104 Å². The topological polar surface area (TPSA) is 163 Å². The van der Waals surface area contributed by atoms with E-state index in [1.54, 1.807) is 27.7 Å². The van der Waals surface area contributed by atoms with Gasteiger partial charge in [0.05, 0.1) is 0 Å². The number of ether oxygens (including phenoxy) is 1. The highest BCUT2D eigenvalue weighted by atomic mass is 16.6. The Balaban J connectivity index is 3.00. The quantitative estimate of drug-likeness (QED) is 0.233. The molecule has 1 aromatic rings. The summed E-state index contributed by atoms with van der Waals surface area (Å²) in [5.41, 5.74) is 0.0180. The van der Waals surface area contributed by atoms with E-state index in [9.17, 15) is 29.1 Å². The van der Waals surface area contributed by atoms with Crippen LogP contribution in [0, 0.1) is 11.8 Å². The SMILES string of the molecule is CCC(C)C(NC(=O)C(C)NC(=O)C(Cc1ccccc1)NC(=O)OC(C)(C)C)C(=O)NC(CC(C)C)C(=O)O. The lowest BCUT2D eigenvalue weighted by molar-refractivity contribution is -0.143. The zero-order valence-electron chi connectivity index (χ0n) is 24.9. The highest BCUT2D eigenvalue weighted by molar-refractivity contribution is 5.94. The Morgan fingerprint density at radius 3 is 1.93 bits per heavy atom. The van der Waals surface area contributed by atoms with E-state index in [0.717, 1.165) is 5.56 Å². The second-order valence-corrected chi connectivity index (χ2v) is 11.5. The van der Waals surface area contributed by atoms with Gasteiger partial charge in [-0.1, -0.05) is 64.4 Å². The Kier molecular flexibility index (Phi) is 13.6. The minimum Gasteiger partial charge on any atom is -0.480 e. The summed E-state index contributed by atoms with van der Waals surface area (Å²) < 4.78 is 5.30. The number of carboxylic acids is 1. The second-order valence-electron chi connectivity index (χ2n) is 11.5. The molecule has 0 radical (unpaired) electrons. The number of aliphatic carboxylic acids is 1. The van der Waals surface area contributed by atoms with Crippen LogP contribution in [0.2, 0.25) is 0 Å². The summed E-state index contributed by atoms with van der Waals surface area (Å²) in [7, 11) is 0. The molecule has 40 heavy (non-hydrogen) atoms. The Morgan fingerprint density at radius 2 is 1.43 bits per heavy atom. The Hall–Kier alpha value is -3.63. The largest absolute Gasteiger partial charge is 0.480 e. The monoisotopic (exact) mass is 562 g/mol. The van der Waals surface area contributed by atoms with Crippen molar-refractivity contribution in [1.29, 1.82) is 0 Å². The van der Waals surface area contributed by atoms with Crippen molar-refractivity contribution in [3.8, 4) is 0 Å². The number of alkyl carbamates (subject to hydrolysis) is 1. The molecular formula is C29H46N4O7. The van der Waals surface area contributed by atoms with Gasteiger partial charge in [0.25, 0.3) is 0 Å². The van der Waals surface area contributed by atoms with Crippen LogP contribution in [-0.4, -0.2) is 64.7 Å². The summed E-state index contributed by atoms with van der Waals surface area (Å²) in [4.78, 5) is 63.4. The first-order valence-corrected chi connectivity index (χ1v) is 13.7. The number of carbonyl (C=O) groups is 5. The molecule has 4 amide bonds. The molecule has 5 unspecified atom stereocenters. The molecule has 224 valence electrons. The predicted molar refractivity (Wildman–Crippen MR) is 151 cm³/mol. The molecule has 5 N–H and O–H groups in total. The van der Waals surface area contributed by atoms with Gasteiger partial charge in [-0.05, 0) is 51.5 Å². The third-order valence-electron chi connectivity index (χ3n) is 6.16. The van der Waals surface area contributed by atoms with Crippen LogP contribution in [0.1, 0.15) is 73.8 Å². The zero-order valence-corrected chi connectivity index (χ0v) is 24.9. The number of carbonyl (C=O) groups excluding carboxylic acids is 4. The van der Waals surface area contributed by atoms with E-state index in [4.69, 9.17) is 4.74 Å². The van der Waals surface area contributed by atoms with Gasteiger partial charge < -0.3 is 31.1 Å². The lowest BCUT2D eigenvalue weighted by Gasteiger charge is -2.28. The standard InChI is InChI=1S/C29H46N4O7/c1-9-18(4)23(26(36)31-22(27(37)38)15-17(2)3)33-24(34)19(5)30-25(35)21(16-20-13-11-10-12-14-20)32-28(39)40-29(6,7)8/h10-14,17-19,21-23H,9,15-16H2,1-8H3,(H,30,35)(H,31,36)(H,32,39)(H,33,34)(H,37,38). The zero-order chi connectivity index (χ0) is 30.6. The highest BCUT2D eigenvalue weighted by Gasteiger charge is 2.32. The van der Waals surface area contributed by atoms with Gasteiger partial charge in [-0.15, -0.1) is 0 Å². The van der Waals surface area contributed by atoms with Crippen molar-refractivity contribution in [1.82, 2.24) is 21.3 Å². The maximum absolute atomic E-state index is 13.2. The number of benzene rings is 1. The molecule has 0 aromatic heterocycles. The molecule has 0 heterocycles. The minimum absolute atomic E-state index is 0.0337. The smallest absolute Gasteiger partial charge is 0.408 e. The van der Waals surface area contributed by atoms with E-state index in [0.29, 0.717) is 6.42 Å². The average Bonchev–Trinajstić information content (AvgIpc) is 2.84. The summed E-state index contributed by atoms with van der Waals surface area (Å²) in [5.74, 6) is -3.27. The fourth-order valence-electron chi connectivity index (χ4n) is 3.82. The first-order chi connectivity index (χ1) is 18.5. The molecule has 5 atom stereocenters. The van der Waals surface area contributed by atoms with Gasteiger partial charge in [0, 0.05) is 6.42 Å². The van der Waals surface area contributed by atoms with Crippen LogP contribution in [-0.2, 0) is 30.3 Å². The molecule has 0 saturated heterocycles. The van der Waals surface area contributed by atoms with Crippen molar-refractivity contribution in [3.05, 3.63) is 35.9 Å². The fourth-order valence-corrected chi connectivity index (χ4v) is 3.82. The number of carboxylic acid groups (broad SMARTS) is 1. The van der Waals surface area contributed by atoms with Gasteiger partial charge in [0.15, 0.2) is 0 Å². The van der Waals surface area contributed by atoms with E-state index in [1.807, 2.05) is 51.1 Å². The molecule has 0 aliphatic rings. The van der Waals surface area contributed by atoms with E-state index in [2.05, 4.69) is 21.3 Å². The Labute approximate surface area is 237 Å². The molecule has 0 bridgehead atoms. The molecule has 0 saturated carbocycles. The predicted octanol–water partition coefficient (Wildman–Crippen LogP) is 2.77. The van der Waals surface area contributed by atoms with Crippen molar-refractivity contribution in [3.63, 3.8) is 0 Å². The van der Waals surface area contributed by atoms with Crippen molar-refractivity contribution in [2.75, 3.05) is 0 Å². The van der Waals surface area contributed by atoms with Crippen LogP contribution in [0.25, 0.3) is 0 Å². The minimum atomic E-state index is -1.15. The number of hydrogen-bond acceptors (Lipinski definition) is 6. The number of rotatable bonds is 14. The summed E-state index contributed by atoms with van der Waals surface area (Å²) in [6.07, 6.45) is 0.163. The molecule has 11 heteroatoms. The van der Waals surface area contributed by atoms with Crippen LogP contribution < -0.4 is 21.3 Å². The molecule has 0 spiro atoms. The summed E-state index contributed by atoms with van der Waals surface area (Å²) >= 11 is 0. The third kappa shape index (κ3) is 12.5. The molecule has 1 aromatic carbocycles. The van der Waals surface area contributed by atoms with Crippen molar-refractivity contribution in [2.24, 2.45) is 11.8 Å². The summed E-state index contributed by atoms with van der Waals surface area (Å²) in [6.45, 7) is 13.9. The molecule has 0 aliphatic carbocycles. The first kappa shape index (κ1) is 34.4. The number of hydrogen-bond donors (Lipinski definition) is 5. The number of amides is 4. The fraction of sp³-hybridized carbons (Fsp3) is 0.621.